The van der Waals surface area contributed by atoms with E-state index in [2.05, 4.69) is 16.3 Å². The van der Waals surface area contributed by atoms with Crippen molar-refractivity contribution in [3.05, 3.63) is 76.6 Å². The minimum absolute atomic E-state index is 0.125. The molecule has 1 heterocycles. The number of alkyl halides is 3. The molecule has 1 aromatic heterocycles. The highest BCUT2D eigenvalue weighted by Crippen LogP contribution is 2.34. The molecule has 0 aliphatic heterocycles. The number of carbonyl (C=O) groups is 1. The number of nitrogens with one attached hydrogen (secondary N) is 1. The third-order valence-corrected chi connectivity index (χ3v) is 3.89. The van der Waals surface area contributed by atoms with Crippen LogP contribution in [0.3, 0.4) is 0 Å². The van der Waals surface area contributed by atoms with Gasteiger partial charge in [-0.1, -0.05) is 23.6 Å². The van der Waals surface area contributed by atoms with Gasteiger partial charge in [0.1, 0.15) is 0 Å². The van der Waals surface area contributed by atoms with E-state index in [0.717, 1.165) is 6.20 Å². The Morgan fingerprint density at radius 3 is 2.52 bits per heavy atom. The Bertz CT molecular complexity index is 1030. The first-order valence-corrected chi connectivity index (χ1v) is 7.96. The van der Waals surface area contributed by atoms with E-state index >= 15 is 0 Å². The van der Waals surface area contributed by atoms with Crippen LogP contribution in [-0.4, -0.2) is 15.7 Å². The number of benzene rings is 2. The first-order valence-electron chi connectivity index (χ1n) is 7.59. The lowest BCUT2D eigenvalue weighted by molar-refractivity contribution is -0.143. The average Bonchev–Trinajstić information content (AvgIpc) is 3.08. The van der Waals surface area contributed by atoms with Crippen LogP contribution < -0.4 is 5.32 Å². The normalized spacial score (nSPS) is 11.1. The molecule has 8 heteroatoms. The molecule has 1 N–H and O–H groups in total. The van der Waals surface area contributed by atoms with Gasteiger partial charge >= 0.3 is 6.18 Å². The molecule has 0 radical (unpaired) electrons. The fourth-order valence-corrected chi connectivity index (χ4v) is 2.58. The van der Waals surface area contributed by atoms with Gasteiger partial charge < -0.3 is 5.32 Å². The highest BCUT2D eigenvalue weighted by atomic mass is 35.5. The Morgan fingerprint density at radius 1 is 1.19 bits per heavy atom. The van der Waals surface area contributed by atoms with Crippen LogP contribution in [0.1, 0.15) is 21.6 Å². The number of carbonyl (C=O) groups excluding carboxylic acids is 1. The van der Waals surface area contributed by atoms with Crippen LogP contribution in [-0.2, 0) is 6.18 Å². The van der Waals surface area contributed by atoms with Crippen molar-refractivity contribution < 1.29 is 18.0 Å². The molecule has 0 aliphatic carbocycles. The molecule has 136 valence electrons. The molecule has 27 heavy (non-hydrogen) atoms. The molecule has 0 saturated heterocycles. The second kappa shape index (κ2) is 7.17. The lowest BCUT2D eigenvalue weighted by Gasteiger charge is -2.13. The van der Waals surface area contributed by atoms with Gasteiger partial charge in [-0.2, -0.15) is 18.3 Å². The smallest absolute Gasteiger partial charge is 0.322 e. The predicted octanol–water partition coefficient (Wildman–Crippen LogP) is 4.78. The maximum atomic E-state index is 13.6. The molecule has 2 aromatic carbocycles. The summed E-state index contributed by atoms with van der Waals surface area (Å²) >= 11 is 5.77. The Kier molecular flexibility index (Phi) is 4.93. The molecule has 1 amide bonds. The predicted molar refractivity (Wildman–Crippen MR) is 95.9 cm³/mol. The van der Waals surface area contributed by atoms with Gasteiger partial charge in [0.15, 0.2) is 5.69 Å². The fourth-order valence-electron chi connectivity index (χ4n) is 2.45. The van der Waals surface area contributed by atoms with E-state index < -0.39 is 23.3 Å². The van der Waals surface area contributed by atoms with Crippen LogP contribution >= 0.6 is 11.6 Å². The van der Waals surface area contributed by atoms with Crippen LogP contribution in [0.25, 0.3) is 5.69 Å². The summed E-state index contributed by atoms with van der Waals surface area (Å²) in [5.41, 5.74) is -0.900. The maximum absolute atomic E-state index is 13.6. The van der Waals surface area contributed by atoms with Crippen molar-refractivity contribution in [2.24, 2.45) is 0 Å². The number of terminal acetylenes is 1. The van der Waals surface area contributed by atoms with Crippen LogP contribution in [0, 0.1) is 12.3 Å². The van der Waals surface area contributed by atoms with Gasteiger partial charge in [-0.25, -0.2) is 4.68 Å². The number of hydrogen-bond donors (Lipinski definition) is 1. The molecule has 3 rings (SSSR count). The number of rotatable bonds is 3. The summed E-state index contributed by atoms with van der Waals surface area (Å²) in [4.78, 5) is 12.4. The van der Waals surface area contributed by atoms with Crippen molar-refractivity contribution in [2.75, 3.05) is 5.32 Å². The molecule has 0 fully saturated rings. The Hall–Kier alpha value is -3.24. The Labute approximate surface area is 157 Å². The average molecular weight is 390 g/mol. The van der Waals surface area contributed by atoms with Crippen molar-refractivity contribution in [1.82, 2.24) is 9.78 Å². The zero-order valence-electron chi connectivity index (χ0n) is 13.6. The molecular formula is C19H11ClF3N3O. The highest BCUT2D eigenvalue weighted by molar-refractivity contribution is 6.30. The van der Waals surface area contributed by atoms with E-state index in [1.165, 1.54) is 36.4 Å². The summed E-state index contributed by atoms with van der Waals surface area (Å²) in [5, 5.41) is 6.52. The lowest BCUT2D eigenvalue weighted by atomic mass is 10.2. The molecule has 0 atom stereocenters. The second-order valence-corrected chi connectivity index (χ2v) is 5.91. The van der Waals surface area contributed by atoms with Crippen LogP contribution in [0.2, 0.25) is 5.02 Å². The van der Waals surface area contributed by atoms with E-state index in [4.69, 9.17) is 18.0 Å². The minimum atomic E-state index is -4.80. The number of aromatic nitrogens is 2. The summed E-state index contributed by atoms with van der Waals surface area (Å²) in [6, 6.07) is 11.9. The van der Waals surface area contributed by atoms with Gasteiger partial charge in [-0.15, -0.1) is 6.42 Å². The molecule has 3 aromatic rings. The van der Waals surface area contributed by atoms with E-state index in [0.29, 0.717) is 15.3 Å². The lowest BCUT2D eigenvalue weighted by Crippen LogP contribution is -2.20. The van der Waals surface area contributed by atoms with Gasteiger partial charge in [0.05, 0.1) is 17.4 Å². The van der Waals surface area contributed by atoms with E-state index in [1.54, 1.807) is 12.1 Å². The summed E-state index contributed by atoms with van der Waals surface area (Å²) in [6.07, 6.45) is 1.36. The van der Waals surface area contributed by atoms with Gasteiger partial charge in [0, 0.05) is 16.3 Å². The minimum Gasteiger partial charge on any atom is -0.322 e. The molecule has 0 saturated carbocycles. The SMILES string of the molecule is C#Cc1cccc(NC(=O)c2cnn(-c3ccc(Cl)cc3)c2C(F)(F)F)c1. The monoisotopic (exact) mass is 389 g/mol. The third kappa shape index (κ3) is 3.96. The number of hydrogen-bond acceptors (Lipinski definition) is 2. The molecule has 4 nitrogen and oxygen atoms in total. The Balaban J connectivity index is 2.01. The van der Waals surface area contributed by atoms with E-state index in [-0.39, 0.29) is 11.4 Å². The quantitative estimate of drug-likeness (QED) is 0.655. The third-order valence-electron chi connectivity index (χ3n) is 3.64. The van der Waals surface area contributed by atoms with Gasteiger partial charge in [0.25, 0.3) is 5.91 Å². The fraction of sp³-hybridized carbons (Fsp3) is 0.0526. The van der Waals surface area contributed by atoms with Crippen molar-refractivity contribution in [3.63, 3.8) is 0 Å². The van der Waals surface area contributed by atoms with Crippen molar-refractivity contribution >= 4 is 23.2 Å². The first-order chi connectivity index (χ1) is 12.8. The summed E-state index contributed by atoms with van der Waals surface area (Å²) in [5.74, 6) is 1.44. The van der Waals surface area contributed by atoms with Crippen LogP contribution in [0.15, 0.2) is 54.7 Å². The van der Waals surface area contributed by atoms with Gasteiger partial charge in [-0.3, -0.25) is 4.79 Å². The molecular weight excluding hydrogens is 379 g/mol. The summed E-state index contributed by atoms with van der Waals surface area (Å²) in [7, 11) is 0. The van der Waals surface area contributed by atoms with Gasteiger partial charge in [-0.05, 0) is 42.5 Å². The number of amides is 1. The molecule has 0 spiro atoms. The number of halogens is 4. The van der Waals surface area contributed by atoms with E-state index in [1.807, 2.05) is 0 Å². The van der Waals surface area contributed by atoms with Crippen LogP contribution in [0.5, 0.6) is 0 Å². The zero-order chi connectivity index (χ0) is 19.6. The van der Waals surface area contributed by atoms with Crippen molar-refractivity contribution in [2.45, 2.75) is 6.18 Å². The largest absolute Gasteiger partial charge is 0.434 e. The molecule has 0 aliphatic rings. The molecule has 0 bridgehead atoms. The number of nitrogens with zero attached hydrogens (tertiary/aromatic N) is 2. The highest BCUT2D eigenvalue weighted by Gasteiger charge is 2.40. The second-order valence-electron chi connectivity index (χ2n) is 5.47. The van der Waals surface area contributed by atoms with Crippen molar-refractivity contribution in [1.29, 1.82) is 0 Å². The first kappa shape index (κ1) is 18.5. The topological polar surface area (TPSA) is 46.9 Å². The number of anilines is 1. The summed E-state index contributed by atoms with van der Waals surface area (Å²) < 4.78 is 41.6. The van der Waals surface area contributed by atoms with Crippen LogP contribution in [0.4, 0.5) is 18.9 Å². The standard InChI is InChI=1S/C19H11ClF3N3O/c1-2-12-4-3-5-14(10-12)25-18(27)16-11-24-26(17(16)19(21,22)23)15-8-6-13(20)7-9-15/h1,3-11H,(H,25,27). The Morgan fingerprint density at radius 2 is 1.89 bits per heavy atom. The zero-order valence-corrected chi connectivity index (χ0v) is 14.3. The molecule has 0 unspecified atom stereocenters. The van der Waals surface area contributed by atoms with Crippen molar-refractivity contribution in [3.8, 4) is 18.0 Å². The maximum Gasteiger partial charge on any atom is 0.434 e. The summed E-state index contributed by atoms with van der Waals surface area (Å²) in [6.45, 7) is 0. The van der Waals surface area contributed by atoms with Gasteiger partial charge in [0.2, 0.25) is 0 Å². The van der Waals surface area contributed by atoms with E-state index in [9.17, 15) is 18.0 Å².